The van der Waals surface area contributed by atoms with Gasteiger partial charge in [-0.2, -0.15) is 23.4 Å². The van der Waals surface area contributed by atoms with Crippen LogP contribution in [-0.2, 0) is 19.8 Å². The van der Waals surface area contributed by atoms with Crippen LogP contribution in [0, 0.1) is 0 Å². The highest BCUT2D eigenvalue weighted by Gasteiger charge is 2.39. The number of hydrogen-bond donors (Lipinski definition) is 1. The molecule has 0 bridgehead atoms. The summed E-state index contributed by atoms with van der Waals surface area (Å²) in [5.41, 5.74) is -0.931. The highest BCUT2D eigenvalue weighted by molar-refractivity contribution is 6.42. The van der Waals surface area contributed by atoms with Crippen LogP contribution < -0.4 is 5.32 Å². The number of anilines is 1. The smallest absolute Gasteiger partial charge is 0.304 e. The molecule has 3 rings (SSSR count). The highest BCUT2D eigenvalue weighted by atomic mass is 35.5. The summed E-state index contributed by atoms with van der Waals surface area (Å²) in [6.07, 6.45) is -3.18. The van der Waals surface area contributed by atoms with Crippen molar-refractivity contribution in [1.29, 1.82) is 0 Å². The molecule has 0 atom stereocenters. The minimum absolute atomic E-state index is 0.135. The first-order valence-corrected chi connectivity index (χ1v) is 8.78. The van der Waals surface area contributed by atoms with Gasteiger partial charge in [-0.05, 0) is 17.7 Å². The van der Waals surface area contributed by atoms with Crippen molar-refractivity contribution in [2.45, 2.75) is 12.7 Å². The topological polar surface area (TPSA) is 64.7 Å². The van der Waals surface area contributed by atoms with Crippen LogP contribution in [0.3, 0.4) is 0 Å². The Kier molecular flexibility index (Phi) is 5.60. The molecule has 2 aromatic heterocycles. The van der Waals surface area contributed by atoms with Gasteiger partial charge in [-0.3, -0.25) is 14.2 Å². The Morgan fingerprint density at radius 2 is 1.86 bits per heavy atom. The molecule has 148 valence electrons. The Morgan fingerprint density at radius 3 is 2.46 bits per heavy atom. The number of benzene rings is 1. The lowest BCUT2D eigenvalue weighted by Gasteiger charge is -2.05. The summed E-state index contributed by atoms with van der Waals surface area (Å²) in [5.74, 6) is -0.730. The standard InChI is InChI=1S/C16H11Cl3F3N5O/c1-26-13(12(19)14(25-26)16(20,21)22)15(28)23-11-4-5-27(24-11)7-8-2-3-9(17)10(18)6-8/h2-6H,7H2,1H3,(H,23,24,28). The van der Waals surface area contributed by atoms with E-state index in [1.165, 1.54) is 17.8 Å². The molecular weight excluding hydrogens is 442 g/mol. The van der Waals surface area contributed by atoms with Crippen LogP contribution in [0.1, 0.15) is 21.7 Å². The monoisotopic (exact) mass is 451 g/mol. The van der Waals surface area contributed by atoms with E-state index < -0.39 is 28.5 Å². The van der Waals surface area contributed by atoms with E-state index in [-0.39, 0.29) is 5.82 Å². The zero-order valence-electron chi connectivity index (χ0n) is 14.1. The summed E-state index contributed by atoms with van der Waals surface area (Å²) in [4.78, 5) is 12.3. The van der Waals surface area contributed by atoms with Gasteiger partial charge < -0.3 is 5.32 Å². The predicted octanol–water partition coefficient (Wildman–Crippen LogP) is 4.90. The van der Waals surface area contributed by atoms with Gasteiger partial charge in [0.05, 0.1) is 16.6 Å². The third-order valence-corrected chi connectivity index (χ3v) is 4.78. The summed E-state index contributed by atoms with van der Waals surface area (Å²) in [7, 11) is 1.19. The second kappa shape index (κ2) is 7.65. The summed E-state index contributed by atoms with van der Waals surface area (Å²) >= 11 is 17.5. The third-order valence-electron chi connectivity index (χ3n) is 3.68. The van der Waals surface area contributed by atoms with E-state index >= 15 is 0 Å². The molecule has 0 radical (unpaired) electrons. The van der Waals surface area contributed by atoms with Crippen molar-refractivity contribution in [1.82, 2.24) is 19.6 Å². The van der Waals surface area contributed by atoms with Crippen molar-refractivity contribution in [2.75, 3.05) is 5.32 Å². The number of nitrogens with zero attached hydrogens (tertiary/aromatic N) is 4. The molecule has 0 aliphatic carbocycles. The van der Waals surface area contributed by atoms with Gasteiger partial charge in [0.25, 0.3) is 5.91 Å². The second-order valence-corrected chi connectivity index (χ2v) is 6.93. The third kappa shape index (κ3) is 4.26. The number of carbonyl (C=O) groups is 1. The first-order valence-electron chi connectivity index (χ1n) is 7.64. The molecule has 2 heterocycles. The van der Waals surface area contributed by atoms with E-state index in [1.54, 1.807) is 24.4 Å². The molecule has 1 N–H and O–H groups in total. The second-order valence-electron chi connectivity index (χ2n) is 5.73. The number of nitrogens with one attached hydrogen (secondary N) is 1. The molecule has 0 saturated heterocycles. The molecule has 0 fully saturated rings. The molecule has 1 aromatic carbocycles. The minimum atomic E-state index is -4.77. The lowest BCUT2D eigenvalue weighted by Crippen LogP contribution is -2.17. The Hall–Kier alpha value is -2.23. The van der Waals surface area contributed by atoms with Gasteiger partial charge >= 0.3 is 6.18 Å². The number of aryl methyl sites for hydroxylation is 1. The average Bonchev–Trinajstić information content (AvgIpc) is 3.14. The maximum Gasteiger partial charge on any atom is 0.436 e. The fourth-order valence-electron chi connectivity index (χ4n) is 2.44. The highest BCUT2D eigenvalue weighted by Crippen LogP contribution is 2.35. The normalized spacial score (nSPS) is 11.7. The molecule has 28 heavy (non-hydrogen) atoms. The van der Waals surface area contributed by atoms with E-state index in [2.05, 4.69) is 15.5 Å². The van der Waals surface area contributed by atoms with Crippen LogP contribution in [0.25, 0.3) is 0 Å². The SMILES string of the molecule is Cn1nc(C(F)(F)F)c(Cl)c1C(=O)Nc1ccn(Cc2ccc(Cl)c(Cl)c2)n1. The van der Waals surface area contributed by atoms with Crippen molar-refractivity contribution in [3.8, 4) is 0 Å². The van der Waals surface area contributed by atoms with Crippen LogP contribution in [-0.4, -0.2) is 25.5 Å². The Labute approximate surface area is 171 Å². The van der Waals surface area contributed by atoms with Crippen molar-refractivity contribution in [2.24, 2.45) is 7.05 Å². The number of alkyl halides is 3. The minimum Gasteiger partial charge on any atom is -0.304 e. The Bertz CT molecular complexity index is 1040. The molecule has 0 aliphatic rings. The van der Waals surface area contributed by atoms with Crippen LogP contribution in [0.5, 0.6) is 0 Å². The first kappa shape index (κ1) is 20.5. The maximum atomic E-state index is 12.9. The number of hydrogen-bond acceptors (Lipinski definition) is 3. The van der Waals surface area contributed by atoms with Gasteiger partial charge in [-0.1, -0.05) is 40.9 Å². The van der Waals surface area contributed by atoms with Crippen molar-refractivity contribution < 1.29 is 18.0 Å². The molecular formula is C16H11Cl3F3N5O. The average molecular weight is 453 g/mol. The van der Waals surface area contributed by atoms with Gasteiger partial charge in [-0.25, -0.2) is 0 Å². The molecule has 3 aromatic rings. The predicted molar refractivity (Wildman–Crippen MR) is 99.0 cm³/mol. The van der Waals surface area contributed by atoms with Gasteiger partial charge in [-0.15, -0.1) is 0 Å². The molecule has 1 amide bonds. The van der Waals surface area contributed by atoms with Crippen LogP contribution in [0.2, 0.25) is 15.1 Å². The number of amides is 1. The molecule has 6 nitrogen and oxygen atoms in total. The summed E-state index contributed by atoms with van der Waals surface area (Å²) in [6.45, 7) is 0.345. The van der Waals surface area contributed by atoms with E-state index in [1.807, 2.05) is 0 Å². The molecule has 12 heteroatoms. The number of carbonyl (C=O) groups excluding carboxylic acids is 1. The Morgan fingerprint density at radius 1 is 1.14 bits per heavy atom. The molecule has 0 unspecified atom stereocenters. The van der Waals surface area contributed by atoms with E-state index in [0.29, 0.717) is 16.6 Å². The van der Waals surface area contributed by atoms with Crippen molar-refractivity contribution >= 4 is 46.5 Å². The van der Waals surface area contributed by atoms with Crippen LogP contribution in [0.15, 0.2) is 30.5 Å². The van der Waals surface area contributed by atoms with Crippen LogP contribution >= 0.6 is 34.8 Å². The zero-order chi connectivity index (χ0) is 20.6. The lowest BCUT2D eigenvalue weighted by atomic mass is 10.2. The summed E-state index contributed by atoms with van der Waals surface area (Å²) in [5, 5.41) is 9.86. The fourth-order valence-corrected chi connectivity index (χ4v) is 3.12. The van der Waals surface area contributed by atoms with E-state index in [9.17, 15) is 18.0 Å². The molecule has 0 aliphatic heterocycles. The van der Waals surface area contributed by atoms with E-state index in [0.717, 1.165) is 10.2 Å². The molecule has 0 spiro atoms. The Balaban J connectivity index is 1.76. The fraction of sp³-hybridized carbons (Fsp3) is 0.188. The number of halogens is 6. The molecule has 0 saturated carbocycles. The van der Waals surface area contributed by atoms with Crippen LogP contribution in [0.4, 0.5) is 19.0 Å². The number of aromatic nitrogens is 4. The van der Waals surface area contributed by atoms with Crippen molar-refractivity contribution in [3.63, 3.8) is 0 Å². The quantitative estimate of drug-likeness (QED) is 0.613. The van der Waals surface area contributed by atoms with Gasteiger partial charge in [0, 0.05) is 19.3 Å². The van der Waals surface area contributed by atoms with Gasteiger partial charge in [0.15, 0.2) is 11.5 Å². The van der Waals surface area contributed by atoms with Crippen molar-refractivity contribution in [3.05, 3.63) is 62.5 Å². The summed E-state index contributed by atoms with van der Waals surface area (Å²) in [6, 6.07) is 6.58. The lowest BCUT2D eigenvalue weighted by molar-refractivity contribution is -0.141. The van der Waals surface area contributed by atoms with Gasteiger partial charge in [0.1, 0.15) is 10.7 Å². The zero-order valence-corrected chi connectivity index (χ0v) is 16.3. The maximum absolute atomic E-state index is 12.9. The number of rotatable bonds is 4. The largest absolute Gasteiger partial charge is 0.436 e. The first-order chi connectivity index (χ1) is 13.1. The van der Waals surface area contributed by atoms with E-state index in [4.69, 9.17) is 34.8 Å². The summed E-state index contributed by atoms with van der Waals surface area (Å²) < 4.78 is 40.9. The van der Waals surface area contributed by atoms with Gasteiger partial charge in [0.2, 0.25) is 0 Å².